The molecule has 4 aromatic heterocycles. The highest BCUT2D eigenvalue weighted by atomic mass is 16.3. The maximum Gasteiger partial charge on any atom is 0.197 e. The van der Waals surface area contributed by atoms with Gasteiger partial charge in [-0.2, -0.15) is 0 Å². The van der Waals surface area contributed by atoms with Gasteiger partial charge >= 0.3 is 0 Å². The first kappa shape index (κ1) is 19.5. The Bertz CT molecular complexity index is 1210. The highest BCUT2D eigenvalue weighted by Gasteiger charge is 2.24. The summed E-state index contributed by atoms with van der Waals surface area (Å²) < 4.78 is 5.64. The number of nitrogens with zero attached hydrogens (tertiary/aromatic N) is 5. The maximum atomic E-state index is 12.8. The lowest BCUT2D eigenvalue weighted by molar-refractivity contribution is 0.0987. The molecule has 4 aromatic rings. The molecule has 0 spiro atoms. The summed E-state index contributed by atoms with van der Waals surface area (Å²) in [5, 5.41) is 0.926. The molecular weight excluding hydrogens is 390 g/mol. The van der Waals surface area contributed by atoms with E-state index in [1.165, 1.54) is 6.26 Å². The molecular formula is C24H23N5O2. The van der Waals surface area contributed by atoms with E-state index in [1.54, 1.807) is 18.6 Å². The van der Waals surface area contributed by atoms with Crippen LogP contribution in [-0.4, -0.2) is 50.8 Å². The summed E-state index contributed by atoms with van der Waals surface area (Å²) in [4.78, 5) is 32.9. The second kappa shape index (κ2) is 8.35. The molecule has 156 valence electrons. The molecule has 1 saturated heterocycles. The molecule has 0 aromatic carbocycles. The number of carbonyl (C=O) groups excluding carboxylic acids is 1. The van der Waals surface area contributed by atoms with Gasteiger partial charge in [-0.3, -0.25) is 14.8 Å². The topological polar surface area (TPSA) is 85.0 Å². The van der Waals surface area contributed by atoms with Crippen molar-refractivity contribution in [3.8, 4) is 11.3 Å². The molecule has 0 atom stereocenters. The van der Waals surface area contributed by atoms with Crippen LogP contribution >= 0.6 is 0 Å². The standard InChI is InChI=1S/C24H23N5O2/c1-29-9-6-16(7-10-29)24-28-22(15-31-24)23(30)12-19-11-21-18(14-26-19)4-5-20(27-21)17-3-2-8-25-13-17/h2-5,8,11,13-16H,6-7,9-10,12H2,1H3. The Morgan fingerprint density at radius 3 is 2.84 bits per heavy atom. The van der Waals surface area contributed by atoms with Gasteiger partial charge in [0.1, 0.15) is 12.0 Å². The lowest BCUT2D eigenvalue weighted by Crippen LogP contribution is -2.29. The van der Waals surface area contributed by atoms with Crippen LogP contribution in [0, 0.1) is 0 Å². The monoisotopic (exact) mass is 413 g/mol. The van der Waals surface area contributed by atoms with Crippen molar-refractivity contribution in [3.05, 3.63) is 72.5 Å². The van der Waals surface area contributed by atoms with Crippen LogP contribution in [0.4, 0.5) is 0 Å². The van der Waals surface area contributed by atoms with E-state index in [1.807, 2.05) is 30.3 Å². The van der Waals surface area contributed by atoms with Crippen molar-refractivity contribution in [2.24, 2.45) is 0 Å². The van der Waals surface area contributed by atoms with Gasteiger partial charge in [-0.1, -0.05) is 0 Å². The number of hydrogen-bond donors (Lipinski definition) is 0. The van der Waals surface area contributed by atoms with Gasteiger partial charge in [0, 0.05) is 35.5 Å². The van der Waals surface area contributed by atoms with E-state index in [2.05, 4.69) is 26.9 Å². The minimum atomic E-state index is -0.0989. The average Bonchev–Trinajstić information content (AvgIpc) is 3.30. The van der Waals surface area contributed by atoms with Crippen molar-refractivity contribution < 1.29 is 9.21 Å². The molecule has 0 unspecified atom stereocenters. The Morgan fingerprint density at radius 2 is 2.03 bits per heavy atom. The zero-order chi connectivity index (χ0) is 21.2. The van der Waals surface area contributed by atoms with Crippen LogP contribution in [0.1, 0.15) is 40.8 Å². The largest absolute Gasteiger partial charge is 0.448 e. The lowest BCUT2D eigenvalue weighted by atomic mass is 9.97. The van der Waals surface area contributed by atoms with Crippen LogP contribution in [-0.2, 0) is 6.42 Å². The first-order chi connectivity index (χ1) is 15.2. The molecule has 0 N–H and O–H groups in total. The number of ketones is 1. The number of likely N-dealkylation sites (tertiary alicyclic amines) is 1. The van der Waals surface area contributed by atoms with Crippen molar-refractivity contribution in [1.29, 1.82) is 0 Å². The van der Waals surface area contributed by atoms with Gasteiger partial charge in [0.25, 0.3) is 0 Å². The summed E-state index contributed by atoms with van der Waals surface area (Å²) in [6.45, 7) is 2.04. The van der Waals surface area contributed by atoms with E-state index in [0.29, 0.717) is 17.3 Å². The fourth-order valence-corrected chi connectivity index (χ4v) is 3.94. The molecule has 0 radical (unpaired) electrons. The Morgan fingerprint density at radius 1 is 1.16 bits per heavy atom. The van der Waals surface area contributed by atoms with Crippen LogP contribution in [0.2, 0.25) is 0 Å². The van der Waals surface area contributed by atoms with Crippen molar-refractivity contribution in [1.82, 2.24) is 24.8 Å². The summed E-state index contributed by atoms with van der Waals surface area (Å²) in [7, 11) is 2.12. The van der Waals surface area contributed by atoms with Crippen LogP contribution < -0.4 is 0 Å². The van der Waals surface area contributed by atoms with Crippen molar-refractivity contribution in [2.75, 3.05) is 20.1 Å². The normalized spacial score (nSPS) is 15.4. The van der Waals surface area contributed by atoms with Gasteiger partial charge in [0.15, 0.2) is 11.7 Å². The minimum absolute atomic E-state index is 0.0989. The number of piperidine rings is 1. The van der Waals surface area contributed by atoms with Crippen LogP contribution in [0.3, 0.4) is 0 Å². The van der Waals surface area contributed by atoms with E-state index >= 15 is 0 Å². The van der Waals surface area contributed by atoms with E-state index in [0.717, 1.165) is 48.1 Å². The summed E-state index contributed by atoms with van der Waals surface area (Å²) in [6.07, 6.45) is 8.92. The summed E-state index contributed by atoms with van der Waals surface area (Å²) in [5.41, 5.74) is 3.61. The number of hydrogen-bond acceptors (Lipinski definition) is 7. The smallest absolute Gasteiger partial charge is 0.197 e. The summed E-state index contributed by atoms with van der Waals surface area (Å²) in [6, 6.07) is 9.65. The molecule has 1 aliphatic rings. The summed E-state index contributed by atoms with van der Waals surface area (Å²) in [5.74, 6) is 0.857. The Kier molecular flexibility index (Phi) is 5.26. The van der Waals surface area contributed by atoms with Crippen molar-refractivity contribution in [3.63, 3.8) is 0 Å². The second-order valence-corrected chi connectivity index (χ2v) is 8.06. The van der Waals surface area contributed by atoms with E-state index < -0.39 is 0 Å². The number of carbonyl (C=O) groups is 1. The molecule has 0 saturated carbocycles. The number of aromatic nitrogens is 4. The van der Waals surface area contributed by atoms with Gasteiger partial charge < -0.3 is 9.32 Å². The number of fused-ring (bicyclic) bond motifs is 1. The predicted molar refractivity (Wildman–Crippen MR) is 117 cm³/mol. The number of pyridine rings is 3. The lowest BCUT2D eigenvalue weighted by Gasteiger charge is -2.26. The average molecular weight is 413 g/mol. The van der Waals surface area contributed by atoms with E-state index in [4.69, 9.17) is 9.40 Å². The molecule has 1 fully saturated rings. The van der Waals surface area contributed by atoms with Crippen LogP contribution in [0.5, 0.6) is 0 Å². The zero-order valence-corrected chi connectivity index (χ0v) is 17.4. The van der Waals surface area contributed by atoms with Gasteiger partial charge in [-0.25, -0.2) is 9.97 Å². The Hall–Kier alpha value is -3.45. The van der Waals surface area contributed by atoms with E-state index in [9.17, 15) is 4.79 Å². The third-order valence-electron chi connectivity index (χ3n) is 5.80. The molecule has 0 amide bonds. The molecule has 1 aliphatic heterocycles. The summed E-state index contributed by atoms with van der Waals surface area (Å²) >= 11 is 0. The molecule has 0 bridgehead atoms. The zero-order valence-electron chi connectivity index (χ0n) is 17.4. The van der Waals surface area contributed by atoms with Gasteiger partial charge in [-0.15, -0.1) is 0 Å². The highest BCUT2D eigenvalue weighted by molar-refractivity contribution is 5.95. The maximum absolute atomic E-state index is 12.8. The fraction of sp³-hybridized carbons (Fsp3) is 0.292. The SMILES string of the molecule is CN1CCC(c2nc(C(=O)Cc3cc4nc(-c5cccnc5)ccc4cn3)co2)CC1. The van der Waals surface area contributed by atoms with Crippen LogP contribution in [0.15, 0.2) is 59.6 Å². The van der Waals surface area contributed by atoms with Crippen molar-refractivity contribution in [2.45, 2.75) is 25.2 Å². The molecule has 7 heteroatoms. The van der Waals surface area contributed by atoms with Crippen LogP contribution in [0.25, 0.3) is 22.2 Å². The molecule has 0 aliphatic carbocycles. The Balaban J connectivity index is 1.33. The highest BCUT2D eigenvalue weighted by Crippen LogP contribution is 2.27. The minimum Gasteiger partial charge on any atom is -0.448 e. The second-order valence-electron chi connectivity index (χ2n) is 8.06. The number of Topliss-reactive ketones (excluding diaryl/α,β-unsaturated/α-hetero) is 1. The van der Waals surface area contributed by atoms with Gasteiger partial charge in [0.05, 0.1) is 23.3 Å². The van der Waals surface area contributed by atoms with E-state index in [-0.39, 0.29) is 18.1 Å². The Labute approximate surface area is 180 Å². The predicted octanol–water partition coefficient (Wildman–Crippen LogP) is 3.91. The third-order valence-corrected chi connectivity index (χ3v) is 5.80. The van der Waals surface area contributed by atoms with Gasteiger partial charge in [-0.05, 0) is 63.3 Å². The quantitative estimate of drug-likeness (QED) is 0.459. The number of oxazole rings is 1. The first-order valence-electron chi connectivity index (χ1n) is 10.5. The molecule has 5 heterocycles. The molecule has 7 nitrogen and oxygen atoms in total. The van der Waals surface area contributed by atoms with Crippen molar-refractivity contribution >= 4 is 16.7 Å². The molecule has 5 rings (SSSR count). The number of rotatable bonds is 5. The molecule has 31 heavy (non-hydrogen) atoms. The van der Waals surface area contributed by atoms with Gasteiger partial charge in [0.2, 0.25) is 0 Å². The fourth-order valence-electron chi connectivity index (χ4n) is 3.94. The first-order valence-corrected chi connectivity index (χ1v) is 10.5. The third kappa shape index (κ3) is 4.22.